The number of hydrogen-bond donors (Lipinski definition) is 0. The maximum absolute atomic E-state index is 9.03. The second-order valence-corrected chi connectivity index (χ2v) is 3.96. The molecule has 0 saturated heterocycles. The van der Waals surface area contributed by atoms with Crippen molar-refractivity contribution in [3.63, 3.8) is 0 Å². The highest BCUT2D eigenvalue weighted by Gasteiger charge is 2.12. The number of aryl methyl sites for hydroxylation is 2. The summed E-state index contributed by atoms with van der Waals surface area (Å²) in [7, 11) is 0. The van der Waals surface area contributed by atoms with E-state index in [9.17, 15) is 0 Å². The van der Waals surface area contributed by atoms with Crippen molar-refractivity contribution in [3.05, 3.63) is 35.1 Å². The molecule has 16 heavy (non-hydrogen) atoms. The van der Waals surface area contributed by atoms with Crippen LogP contribution in [0.15, 0.2) is 22.6 Å². The monoisotopic (exact) mass is 213 g/mol. The Morgan fingerprint density at radius 3 is 2.75 bits per heavy atom. The molecule has 0 aliphatic carbocycles. The van der Waals surface area contributed by atoms with Gasteiger partial charge in [-0.15, -0.1) is 0 Å². The van der Waals surface area contributed by atoms with Crippen LogP contribution in [0.5, 0.6) is 0 Å². The van der Waals surface area contributed by atoms with Gasteiger partial charge in [-0.1, -0.05) is 26.3 Å². The highest BCUT2D eigenvalue weighted by atomic mass is 16.3. The van der Waals surface area contributed by atoms with Gasteiger partial charge in [-0.25, -0.2) is 0 Å². The maximum Gasteiger partial charge on any atom is 0.207 e. The molecule has 0 aliphatic heterocycles. The Morgan fingerprint density at radius 2 is 2.12 bits per heavy atom. The molecule has 0 saturated carbocycles. The first kappa shape index (κ1) is 10.8. The predicted molar refractivity (Wildman–Crippen MR) is 64.3 cm³/mol. The molecule has 2 heteroatoms. The lowest BCUT2D eigenvalue weighted by Gasteiger charge is -1.98. The first-order valence-electron chi connectivity index (χ1n) is 5.74. The third kappa shape index (κ3) is 1.69. The first-order valence-corrected chi connectivity index (χ1v) is 5.74. The molecule has 2 nitrogen and oxygen atoms in total. The summed E-state index contributed by atoms with van der Waals surface area (Å²) in [5, 5.41) is 10.1. The fourth-order valence-corrected chi connectivity index (χ4v) is 2.00. The molecule has 0 amide bonds. The third-order valence-corrected chi connectivity index (χ3v) is 2.86. The van der Waals surface area contributed by atoms with Crippen LogP contribution in [0.2, 0.25) is 0 Å². The minimum Gasteiger partial charge on any atom is -0.445 e. The summed E-state index contributed by atoms with van der Waals surface area (Å²) < 4.78 is 5.54. The molecule has 0 bridgehead atoms. The molecule has 1 aromatic heterocycles. The van der Waals surface area contributed by atoms with Crippen molar-refractivity contribution in [1.82, 2.24) is 0 Å². The summed E-state index contributed by atoms with van der Waals surface area (Å²) in [4.78, 5) is 0. The van der Waals surface area contributed by atoms with Gasteiger partial charge in [0.15, 0.2) is 0 Å². The fourth-order valence-electron chi connectivity index (χ4n) is 2.00. The molecule has 0 spiro atoms. The van der Waals surface area contributed by atoms with Crippen LogP contribution in [0, 0.1) is 11.3 Å². The zero-order valence-corrected chi connectivity index (χ0v) is 9.71. The van der Waals surface area contributed by atoms with E-state index in [2.05, 4.69) is 32.0 Å². The van der Waals surface area contributed by atoms with Gasteiger partial charge in [0.2, 0.25) is 5.76 Å². The second-order valence-electron chi connectivity index (χ2n) is 3.96. The zero-order chi connectivity index (χ0) is 11.5. The van der Waals surface area contributed by atoms with Gasteiger partial charge in [0.05, 0.1) is 0 Å². The van der Waals surface area contributed by atoms with Crippen molar-refractivity contribution >= 4 is 11.0 Å². The Balaban J connectivity index is 2.66. The third-order valence-electron chi connectivity index (χ3n) is 2.86. The molecule has 0 N–H and O–H groups in total. The van der Waals surface area contributed by atoms with Gasteiger partial charge in [-0.3, -0.25) is 0 Å². The van der Waals surface area contributed by atoms with E-state index in [1.54, 1.807) is 0 Å². The minimum atomic E-state index is 0.477. The van der Waals surface area contributed by atoms with Gasteiger partial charge in [-0.05, 0) is 30.5 Å². The van der Waals surface area contributed by atoms with Gasteiger partial charge in [0, 0.05) is 10.9 Å². The lowest BCUT2D eigenvalue weighted by Crippen LogP contribution is -1.85. The molecule has 2 aromatic rings. The van der Waals surface area contributed by atoms with Crippen molar-refractivity contribution in [3.8, 4) is 6.07 Å². The normalized spacial score (nSPS) is 10.6. The Bertz CT molecular complexity index is 546. The highest BCUT2D eigenvalue weighted by Crippen LogP contribution is 2.27. The molecule has 0 unspecified atom stereocenters. The Morgan fingerprint density at radius 1 is 1.31 bits per heavy atom. The maximum atomic E-state index is 9.03. The number of rotatable bonds is 3. The van der Waals surface area contributed by atoms with Crippen LogP contribution >= 0.6 is 0 Å². The predicted octanol–water partition coefficient (Wildman–Crippen LogP) is 3.82. The molecule has 0 aliphatic rings. The average Bonchev–Trinajstić information content (AvgIpc) is 2.67. The SMILES string of the molecule is CCCc1c(C#N)oc2ccc(CC)cc12. The number of nitrogens with zero attached hydrogens (tertiary/aromatic N) is 1. The quantitative estimate of drug-likeness (QED) is 0.777. The summed E-state index contributed by atoms with van der Waals surface area (Å²) in [5.41, 5.74) is 3.18. The zero-order valence-electron chi connectivity index (χ0n) is 9.71. The standard InChI is InChI=1S/C14H15NO/c1-3-5-11-12-8-10(4-2)6-7-13(12)16-14(11)9-15/h6-8H,3-5H2,1-2H3. The molecule has 0 radical (unpaired) electrons. The van der Waals surface area contributed by atoms with E-state index in [1.165, 1.54) is 5.56 Å². The lowest BCUT2D eigenvalue weighted by atomic mass is 10.0. The summed E-state index contributed by atoms with van der Waals surface area (Å²) in [5.74, 6) is 0.477. The molecular weight excluding hydrogens is 198 g/mol. The van der Waals surface area contributed by atoms with Crippen LogP contribution in [-0.2, 0) is 12.8 Å². The summed E-state index contributed by atoms with van der Waals surface area (Å²) in [6, 6.07) is 8.31. The minimum absolute atomic E-state index is 0.477. The second kappa shape index (κ2) is 4.40. The van der Waals surface area contributed by atoms with Crippen molar-refractivity contribution < 1.29 is 4.42 Å². The van der Waals surface area contributed by atoms with Gasteiger partial charge in [0.25, 0.3) is 0 Å². The van der Waals surface area contributed by atoms with E-state index in [4.69, 9.17) is 9.68 Å². The molecule has 1 aromatic carbocycles. The molecule has 0 atom stereocenters. The van der Waals surface area contributed by atoms with E-state index < -0.39 is 0 Å². The van der Waals surface area contributed by atoms with E-state index in [0.29, 0.717) is 5.76 Å². The molecule has 82 valence electrons. The topological polar surface area (TPSA) is 36.9 Å². The van der Waals surface area contributed by atoms with Crippen LogP contribution in [-0.4, -0.2) is 0 Å². The fraction of sp³-hybridized carbons (Fsp3) is 0.357. The van der Waals surface area contributed by atoms with Gasteiger partial charge in [-0.2, -0.15) is 5.26 Å². The van der Waals surface area contributed by atoms with Crippen LogP contribution in [0.3, 0.4) is 0 Å². The average molecular weight is 213 g/mol. The summed E-state index contributed by atoms with van der Waals surface area (Å²) in [6.07, 6.45) is 2.94. The van der Waals surface area contributed by atoms with E-state index in [1.807, 2.05) is 6.07 Å². The summed E-state index contributed by atoms with van der Waals surface area (Å²) in [6.45, 7) is 4.25. The van der Waals surface area contributed by atoms with Crippen molar-refractivity contribution in [1.29, 1.82) is 5.26 Å². The molecular formula is C14H15NO. The van der Waals surface area contributed by atoms with Crippen LogP contribution < -0.4 is 0 Å². The molecule has 2 rings (SSSR count). The van der Waals surface area contributed by atoms with Crippen LogP contribution in [0.4, 0.5) is 0 Å². The van der Waals surface area contributed by atoms with Gasteiger partial charge < -0.3 is 4.42 Å². The molecule has 1 heterocycles. The first-order chi connectivity index (χ1) is 7.80. The van der Waals surface area contributed by atoms with Gasteiger partial charge in [0.1, 0.15) is 11.7 Å². The number of nitriles is 1. The Kier molecular flexibility index (Phi) is 2.96. The number of benzene rings is 1. The Labute approximate surface area is 95.5 Å². The highest BCUT2D eigenvalue weighted by molar-refractivity contribution is 5.84. The number of hydrogen-bond acceptors (Lipinski definition) is 2. The Hall–Kier alpha value is -1.75. The van der Waals surface area contributed by atoms with Crippen molar-refractivity contribution in [2.45, 2.75) is 33.1 Å². The van der Waals surface area contributed by atoms with Gasteiger partial charge >= 0.3 is 0 Å². The van der Waals surface area contributed by atoms with Crippen LogP contribution in [0.1, 0.15) is 37.2 Å². The molecule has 0 fully saturated rings. The van der Waals surface area contributed by atoms with E-state index in [-0.39, 0.29) is 0 Å². The number of fused-ring (bicyclic) bond motifs is 1. The summed E-state index contributed by atoms with van der Waals surface area (Å²) >= 11 is 0. The van der Waals surface area contributed by atoms with E-state index in [0.717, 1.165) is 35.8 Å². The smallest absolute Gasteiger partial charge is 0.207 e. The lowest BCUT2D eigenvalue weighted by molar-refractivity contribution is 0.592. The van der Waals surface area contributed by atoms with Crippen molar-refractivity contribution in [2.75, 3.05) is 0 Å². The van der Waals surface area contributed by atoms with Crippen molar-refractivity contribution in [2.24, 2.45) is 0 Å². The van der Waals surface area contributed by atoms with Crippen LogP contribution in [0.25, 0.3) is 11.0 Å². The number of furan rings is 1. The van der Waals surface area contributed by atoms with E-state index >= 15 is 0 Å². The largest absolute Gasteiger partial charge is 0.445 e.